The molecule has 0 aliphatic carbocycles. The van der Waals surface area contributed by atoms with Crippen LogP contribution in [0.4, 0.5) is 4.79 Å². The summed E-state index contributed by atoms with van der Waals surface area (Å²) in [5.74, 6) is 0.488. The monoisotopic (exact) mass is 199 g/mol. The van der Waals surface area contributed by atoms with Crippen LogP contribution < -0.4 is 5.73 Å². The average Bonchev–Trinajstić information content (AvgIpc) is 2.01. The third-order valence-electron chi connectivity index (χ3n) is 1.69. The molecule has 1 heterocycles. The number of carbonyl (C=O) groups excluding carboxylic acids is 1. The largest absolute Gasteiger partial charge is 0.444 e. The van der Waals surface area contributed by atoms with E-state index in [0.717, 1.165) is 0 Å². The SMILES string of the molecule is CC(C)(C)OC(=O)N1CCN=C(N)C1. The first kappa shape index (κ1) is 10.8. The molecule has 1 rings (SSSR count). The second-order valence-electron chi connectivity index (χ2n) is 4.27. The molecule has 1 amide bonds. The van der Waals surface area contributed by atoms with Gasteiger partial charge >= 0.3 is 6.09 Å². The van der Waals surface area contributed by atoms with Gasteiger partial charge in [-0.25, -0.2) is 4.79 Å². The summed E-state index contributed by atoms with van der Waals surface area (Å²) in [7, 11) is 0. The van der Waals surface area contributed by atoms with E-state index in [1.807, 2.05) is 20.8 Å². The Bertz CT molecular complexity index is 255. The summed E-state index contributed by atoms with van der Waals surface area (Å²) in [6, 6.07) is 0. The Morgan fingerprint density at radius 3 is 2.71 bits per heavy atom. The third-order valence-corrected chi connectivity index (χ3v) is 1.69. The molecule has 0 aromatic heterocycles. The molecule has 0 saturated carbocycles. The highest BCUT2D eigenvalue weighted by atomic mass is 16.6. The Morgan fingerprint density at radius 2 is 2.21 bits per heavy atom. The molecule has 0 aromatic carbocycles. The first-order valence-corrected chi connectivity index (χ1v) is 4.65. The lowest BCUT2D eigenvalue weighted by atomic mass is 10.2. The van der Waals surface area contributed by atoms with Crippen molar-refractivity contribution in [2.45, 2.75) is 26.4 Å². The van der Waals surface area contributed by atoms with Gasteiger partial charge in [0.1, 0.15) is 11.4 Å². The van der Waals surface area contributed by atoms with Crippen molar-refractivity contribution in [1.82, 2.24) is 4.90 Å². The van der Waals surface area contributed by atoms with Gasteiger partial charge in [-0.1, -0.05) is 0 Å². The molecule has 0 fully saturated rings. The number of ether oxygens (including phenoxy) is 1. The molecule has 5 nitrogen and oxygen atoms in total. The van der Waals surface area contributed by atoms with Crippen molar-refractivity contribution in [3.05, 3.63) is 0 Å². The summed E-state index contributed by atoms with van der Waals surface area (Å²) in [5.41, 5.74) is 5.07. The van der Waals surface area contributed by atoms with E-state index in [1.165, 1.54) is 0 Å². The minimum atomic E-state index is -0.458. The van der Waals surface area contributed by atoms with E-state index in [4.69, 9.17) is 10.5 Å². The number of carbonyl (C=O) groups is 1. The van der Waals surface area contributed by atoms with Gasteiger partial charge in [0, 0.05) is 6.54 Å². The van der Waals surface area contributed by atoms with Crippen molar-refractivity contribution in [2.75, 3.05) is 19.6 Å². The van der Waals surface area contributed by atoms with Crippen LogP contribution in [0.2, 0.25) is 0 Å². The zero-order valence-corrected chi connectivity index (χ0v) is 8.91. The Hall–Kier alpha value is -1.26. The number of nitrogens with zero attached hydrogens (tertiary/aromatic N) is 2. The third kappa shape index (κ3) is 3.24. The maximum atomic E-state index is 11.6. The first-order valence-electron chi connectivity index (χ1n) is 4.65. The van der Waals surface area contributed by atoms with Crippen molar-refractivity contribution in [3.8, 4) is 0 Å². The second-order valence-corrected chi connectivity index (χ2v) is 4.27. The standard InChI is InChI=1S/C9H17N3O2/c1-9(2,3)14-8(13)12-5-4-11-7(10)6-12/h4-6H2,1-3H3,(H2,10,11). The molecule has 0 saturated heterocycles. The summed E-state index contributed by atoms with van der Waals surface area (Å²) < 4.78 is 5.20. The normalized spacial score (nSPS) is 17.6. The number of amidine groups is 1. The van der Waals surface area contributed by atoms with Crippen molar-refractivity contribution >= 4 is 11.9 Å². The molecule has 0 unspecified atom stereocenters. The molecule has 0 radical (unpaired) electrons. The summed E-state index contributed by atoms with van der Waals surface area (Å²) in [4.78, 5) is 17.1. The van der Waals surface area contributed by atoms with Gasteiger partial charge in [0.2, 0.25) is 0 Å². The lowest BCUT2D eigenvalue weighted by molar-refractivity contribution is 0.0277. The van der Waals surface area contributed by atoms with Gasteiger partial charge in [0.05, 0.1) is 13.1 Å². The van der Waals surface area contributed by atoms with Gasteiger partial charge < -0.3 is 10.5 Å². The molecular formula is C9H17N3O2. The molecular weight excluding hydrogens is 182 g/mol. The molecule has 0 atom stereocenters. The van der Waals surface area contributed by atoms with Crippen LogP contribution in [-0.2, 0) is 4.74 Å². The van der Waals surface area contributed by atoms with E-state index in [0.29, 0.717) is 25.5 Å². The molecule has 1 aliphatic rings. The lowest BCUT2D eigenvalue weighted by Gasteiger charge is -2.28. The summed E-state index contributed by atoms with van der Waals surface area (Å²) in [5, 5.41) is 0. The van der Waals surface area contributed by atoms with Crippen molar-refractivity contribution < 1.29 is 9.53 Å². The number of amides is 1. The Balaban J connectivity index is 2.50. The van der Waals surface area contributed by atoms with Crippen molar-refractivity contribution in [2.24, 2.45) is 10.7 Å². The van der Waals surface area contributed by atoms with E-state index in [9.17, 15) is 4.79 Å². The fraction of sp³-hybridized carbons (Fsp3) is 0.778. The quantitative estimate of drug-likeness (QED) is 0.621. The van der Waals surface area contributed by atoms with Crippen LogP contribution in [0, 0.1) is 0 Å². The maximum absolute atomic E-state index is 11.6. The lowest BCUT2D eigenvalue weighted by Crippen LogP contribution is -2.45. The molecule has 80 valence electrons. The summed E-state index contributed by atoms with van der Waals surface area (Å²) >= 11 is 0. The topological polar surface area (TPSA) is 67.9 Å². The van der Waals surface area contributed by atoms with E-state index < -0.39 is 5.60 Å². The molecule has 1 aliphatic heterocycles. The average molecular weight is 199 g/mol. The maximum Gasteiger partial charge on any atom is 0.410 e. The van der Waals surface area contributed by atoms with Crippen molar-refractivity contribution in [1.29, 1.82) is 0 Å². The van der Waals surface area contributed by atoms with Crippen LogP contribution in [0.5, 0.6) is 0 Å². The zero-order chi connectivity index (χ0) is 10.8. The predicted molar refractivity (Wildman–Crippen MR) is 54.3 cm³/mol. The Morgan fingerprint density at radius 1 is 1.57 bits per heavy atom. The van der Waals surface area contributed by atoms with Crippen LogP contribution in [0.3, 0.4) is 0 Å². The van der Waals surface area contributed by atoms with Gasteiger partial charge in [0.25, 0.3) is 0 Å². The minimum absolute atomic E-state index is 0.324. The zero-order valence-electron chi connectivity index (χ0n) is 8.91. The van der Waals surface area contributed by atoms with Gasteiger partial charge in [-0.15, -0.1) is 0 Å². The molecule has 2 N–H and O–H groups in total. The fourth-order valence-corrected chi connectivity index (χ4v) is 1.12. The molecule has 0 spiro atoms. The number of aliphatic imine (C=N–C) groups is 1. The number of rotatable bonds is 0. The van der Waals surface area contributed by atoms with Crippen LogP contribution in [0.15, 0.2) is 4.99 Å². The van der Waals surface area contributed by atoms with Crippen LogP contribution in [0.25, 0.3) is 0 Å². The highest BCUT2D eigenvalue weighted by Crippen LogP contribution is 2.10. The number of nitrogens with two attached hydrogens (primary N) is 1. The Labute approximate surface area is 83.9 Å². The second kappa shape index (κ2) is 3.86. The van der Waals surface area contributed by atoms with Crippen molar-refractivity contribution in [3.63, 3.8) is 0 Å². The smallest absolute Gasteiger partial charge is 0.410 e. The minimum Gasteiger partial charge on any atom is -0.444 e. The molecule has 0 bridgehead atoms. The van der Waals surface area contributed by atoms with Gasteiger partial charge in [-0.05, 0) is 20.8 Å². The highest BCUT2D eigenvalue weighted by molar-refractivity contribution is 5.86. The van der Waals surface area contributed by atoms with Crippen LogP contribution in [0.1, 0.15) is 20.8 Å². The summed E-state index contributed by atoms with van der Waals surface area (Å²) in [6.45, 7) is 7.03. The van der Waals surface area contributed by atoms with E-state index in [1.54, 1.807) is 4.90 Å². The van der Waals surface area contributed by atoms with Gasteiger partial charge in [-0.2, -0.15) is 0 Å². The Kier molecular flexibility index (Phi) is 2.98. The van der Waals surface area contributed by atoms with E-state index in [2.05, 4.69) is 4.99 Å². The first-order chi connectivity index (χ1) is 6.38. The van der Waals surface area contributed by atoms with E-state index >= 15 is 0 Å². The molecule has 0 aromatic rings. The van der Waals surface area contributed by atoms with E-state index in [-0.39, 0.29) is 6.09 Å². The fourth-order valence-electron chi connectivity index (χ4n) is 1.12. The number of hydrogen-bond acceptors (Lipinski definition) is 4. The van der Waals surface area contributed by atoms with Gasteiger partial charge in [-0.3, -0.25) is 9.89 Å². The van der Waals surface area contributed by atoms with Gasteiger partial charge in [0.15, 0.2) is 0 Å². The van der Waals surface area contributed by atoms with Crippen LogP contribution in [-0.4, -0.2) is 42.1 Å². The number of hydrogen-bond donors (Lipinski definition) is 1. The molecule has 5 heteroatoms. The predicted octanol–water partition coefficient (Wildman–Crippen LogP) is 0.594. The summed E-state index contributed by atoms with van der Waals surface area (Å²) in [6.07, 6.45) is -0.324. The van der Waals surface area contributed by atoms with Crippen LogP contribution >= 0.6 is 0 Å². The highest BCUT2D eigenvalue weighted by Gasteiger charge is 2.23. The molecule has 14 heavy (non-hydrogen) atoms.